The Bertz CT molecular complexity index is 583. The molecular weight excluding hydrogens is 226 g/mol. The first-order chi connectivity index (χ1) is 8.92. The molecule has 0 radical (unpaired) electrons. The van der Waals surface area contributed by atoms with Crippen molar-refractivity contribution in [3.8, 4) is 11.3 Å². The Balaban J connectivity index is 1.68. The van der Waals surface area contributed by atoms with E-state index in [0.717, 1.165) is 29.2 Å². The molecule has 0 fully saturated rings. The third-order valence-electron chi connectivity index (χ3n) is 2.75. The number of rotatable bonds is 4. The highest BCUT2D eigenvalue weighted by Crippen LogP contribution is 2.20. The second kappa shape index (κ2) is 4.79. The van der Waals surface area contributed by atoms with E-state index in [1.54, 1.807) is 6.20 Å². The van der Waals surface area contributed by atoms with E-state index in [9.17, 15) is 0 Å². The van der Waals surface area contributed by atoms with Gasteiger partial charge in [0.05, 0.1) is 12.7 Å². The number of nitrogens with one attached hydrogen (secondary N) is 2. The molecule has 18 heavy (non-hydrogen) atoms. The van der Waals surface area contributed by atoms with Crippen LogP contribution in [0.4, 0.5) is 5.69 Å². The Morgan fingerprint density at radius 1 is 1.17 bits per heavy atom. The van der Waals surface area contributed by atoms with Gasteiger partial charge in [-0.15, -0.1) is 0 Å². The monoisotopic (exact) mass is 239 g/mol. The molecule has 2 aromatic heterocycles. The Labute approximate surface area is 105 Å². The standard InChI is InChI=1S/C14H13N3O/c1-2-13(16-7-1)8-17-12-5-3-11(4-6-12)14-9-15-10-18-14/h1-7,9-10,16-17H,8H2. The first-order valence-corrected chi connectivity index (χ1v) is 5.77. The quantitative estimate of drug-likeness (QED) is 0.734. The maximum Gasteiger partial charge on any atom is 0.181 e. The van der Waals surface area contributed by atoms with Crippen molar-refractivity contribution in [2.45, 2.75) is 6.54 Å². The molecule has 0 bridgehead atoms. The van der Waals surface area contributed by atoms with E-state index in [0.29, 0.717) is 0 Å². The molecule has 3 rings (SSSR count). The molecule has 4 nitrogen and oxygen atoms in total. The van der Waals surface area contributed by atoms with Gasteiger partial charge in [-0.05, 0) is 36.4 Å². The van der Waals surface area contributed by atoms with Crippen LogP contribution in [0.25, 0.3) is 11.3 Å². The van der Waals surface area contributed by atoms with E-state index in [2.05, 4.69) is 21.4 Å². The van der Waals surface area contributed by atoms with Crippen molar-refractivity contribution in [3.63, 3.8) is 0 Å². The number of H-pyrrole nitrogens is 1. The van der Waals surface area contributed by atoms with Crippen molar-refractivity contribution < 1.29 is 4.42 Å². The molecule has 0 amide bonds. The summed E-state index contributed by atoms with van der Waals surface area (Å²) in [6.45, 7) is 0.786. The summed E-state index contributed by atoms with van der Waals surface area (Å²) in [5, 5.41) is 3.34. The van der Waals surface area contributed by atoms with Gasteiger partial charge in [-0.3, -0.25) is 0 Å². The third kappa shape index (κ3) is 2.27. The van der Waals surface area contributed by atoms with Gasteiger partial charge < -0.3 is 14.7 Å². The van der Waals surface area contributed by atoms with E-state index in [4.69, 9.17) is 4.42 Å². The summed E-state index contributed by atoms with van der Waals surface area (Å²) in [4.78, 5) is 7.06. The van der Waals surface area contributed by atoms with E-state index in [-0.39, 0.29) is 0 Å². The normalized spacial score (nSPS) is 10.4. The van der Waals surface area contributed by atoms with Crippen molar-refractivity contribution in [1.82, 2.24) is 9.97 Å². The second-order valence-corrected chi connectivity index (χ2v) is 3.99. The van der Waals surface area contributed by atoms with E-state index < -0.39 is 0 Å². The fraction of sp³-hybridized carbons (Fsp3) is 0.0714. The van der Waals surface area contributed by atoms with Gasteiger partial charge >= 0.3 is 0 Å². The highest BCUT2D eigenvalue weighted by atomic mass is 16.3. The Hall–Kier alpha value is -2.49. The summed E-state index contributed by atoms with van der Waals surface area (Å²) in [5.74, 6) is 0.783. The molecule has 0 saturated carbocycles. The van der Waals surface area contributed by atoms with Crippen LogP contribution in [0, 0.1) is 0 Å². The molecule has 2 N–H and O–H groups in total. The average Bonchev–Trinajstić information content (AvgIpc) is 3.10. The zero-order valence-electron chi connectivity index (χ0n) is 9.76. The lowest BCUT2D eigenvalue weighted by Gasteiger charge is -2.05. The van der Waals surface area contributed by atoms with Crippen molar-refractivity contribution in [1.29, 1.82) is 0 Å². The van der Waals surface area contributed by atoms with E-state index >= 15 is 0 Å². The topological polar surface area (TPSA) is 53.9 Å². The van der Waals surface area contributed by atoms with E-state index in [1.807, 2.05) is 36.5 Å². The summed E-state index contributed by atoms with van der Waals surface area (Å²) in [5.41, 5.74) is 3.26. The predicted molar refractivity (Wildman–Crippen MR) is 70.1 cm³/mol. The maximum absolute atomic E-state index is 5.24. The number of benzene rings is 1. The molecule has 0 unspecified atom stereocenters. The molecule has 1 aromatic carbocycles. The van der Waals surface area contributed by atoms with Crippen LogP contribution in [-0.4, -0.2) is 9.97 Å². The van der Waals surface area contributed by atoms with Crippen LogP contribution in [0.1, 0.15) is 5.69 Å². The van der Waals surface area contributed by atoms with Gasteiger partial charge in [-0.2, -0.15) is 0 Å². The van der Waals surface area contributed by atoms with Gasteiger partial charge in [0.1, 0.15) is 0 Å². The summed E-state index contributed by atoms with van der Waals surface area (Å²) in [6, 6.07) is 12.1. The zero-order chi connectivity index (χ0) is 12.2. The summed E-state index contributed by atoms with van der Waals surface area (Å²) in [7, 11) is 0. The van der Waals surface area contributed by atoms with Gasteiger partial charge in [-0.25, -0.2) is 4.98 Å². The van der Waals surface area contributed by atoms with Gasteiger partial charge in [0, 0.05) is 23.1 Å². The number of hydrogen-bond acceptors (Lipinski definition) is 3. The number of anilines is 1. The van der Waals surface area contributed by atoms with Gasteiger partial charge in [-0.1, -0.05) is 0 Å². The van der Waals surface area contributed by atoms with Gasteiger partial charge in [0.25, 0.3) is 0 Å². The van der Waals surface area contributed by atoms with Crippen LogP contribution in [-0.2, 0) is 6.54 Å². The predicted octanol–water partition coefficient (Wildman–Crippen LogP) is 3.28. The lowest BCUT2D eigenvalue weighted by atomic mass is 10.1. The summed E-state index contributed by atoms with van der Waals surface area (Å²) >= 11 is 0. The summed E-state index contributed by atoms with van der Waals surface area (Å²) in [6.07, 6.45) is 5.07. The minimum Gasteiger partial charge on any atom is -0.444 e. The second-order valence-electron chi connectivity index (χ2n) is 3.99. The largest absolute Gasteiger partial charge is 0.444 e. The average molecular weight is 239 g/mol. The molecular formula is C14H13N3O. The maximum atomic E-state index is 5.24. The fourth-order valence-electron chi connectivity index (χ4n) is 1.79. The molecule has 0 aliphatic heterocycles. The molecule has 0 aliphatic carbocycles. The van der Waals surface area contributed by atoms with Crippen LogP contribution < -0.4 is 5.32 Å². The lowest BCUT2D eigenvalue weighted by Crippen LogP contribution is -1.98. The first kappa shape index (κ1) is 10.7. The first-order valence-electron chi connectivity index (χ1n) is 5.77. The smallest absolute Gasteiger partial charge is 0.181 e. The Morgan fingerprint density at radius 2 is 2.06 bits per heavy atom. The molecule has 0 spiro atoms. The lowest BCUT2D eigenvalue weighted by molar-refractivity contribution is 0.572. The number of aromatic nitrogens is 2. The molecule has 0 atom stereocenters. The van der Waals surface area contributed by atoms with Crippen molar-refractivity contribution in [2.24, 2.45) is 0 Å². The molecule has 3 aromatic rings. The van der Waals surface area contributed by atoms with Crippen LogP contribution in [0.15, 0.2) is 59.6 Å². The van der Waals surface area contributed by atoms with Crippen LogP contribution in [0.5, 0.6) is 0 Å². The number of nitrogens with zero attached hydrogens (tertiary/aromatic N) is 1. The van der Waals surface area contributed by atoms with Gasteiger partial charge in [0.15, 0.2) is 12.2 Å². The molecule has 90 valence electrons. The van der Waals surface area contributed by atoms with Gasteiger partial charge in [0.2, 0.25) is 0 Å². The van der Waals surface area contributed by atoms with Crippen LogP contribution in [0.3, 0.4) is 0 Å². The van der Waals surface area contributed by atoms with Crippen molar-refractivity contribution >= 4 is 5.69 Å². The van der Waals surface area contributed by atoms with Crippen LogP contribution >= 0.6 is 0 Å². The SMILES string of the molecule is c1c[nH]c(CNc2ccc(-c3cnco3)cc2)c1. The minimum atomic E-state index is 0.783. The molecule has 2 heterocycles. The third-order valence-corrected chi connectivity index (χ3v) is 2.75. The number of oxazole rings is 1. The highest BCUT2D eigenvalue weighted by Gasteiger charge is 2.01. The highest BCUT2D eigenvalue weighted by molar-refractivity contribution is 5.60. The molecule has 4 heteroatoms. The fourth-order valence-corrected chi connectivity index (χ4v) is 1.79. The zero-order valence-corrected chi connectivity index (χ0v) is 9.76. The number of hydrogen-bond donors (Lipinski definition) is 2. The molecule has 0 saturated heterocycles. The van der Waals surface area contributed by atoms with Crippen LogP contribution in [0.2, 0.25) is 0 Å². The molecule has 0 aliphatic rings. The minimum absolute atomic E-state index is 0.783. The Kier molecular flexibility index (Phi) is 2.84. The van der Waals surface area contributed by atoms with Crippen molar-refractivity contribution in [2.75, 3.05) is 5.32 Å². The number of aromatic amines is 1. The Morgan fingerprint density at radius 3 is 2.72 bits per heavy atom. The van der Waals surface area contributed by atoms with E-state index in [1.165, 1.54) is 6.39 Å². The van der Waals surface area contributed by atoms with Crippen molar-refractivity contribution in [3.05, 3.63) is 60.9 Å². The summed E-state index contributed by atoms with van der Waals surface area (Å²) < 4.78 is 5.24.